The summed E-state index contributed by atoms with van der Waals surface area (Å²) in [4.78, 5) is 23.6. The van der Waals surface area contributed by atoms with Crippen molar-refractivity contribution in [3.8, 4) is 11.7 Å². The molecule has 0 saturated carbocycles. The number of nitrogens with one attached hydrogen (secondary N) is 1. The molecule has 1 amide bonds. The largest absolute Gasteiger partial charge is 0.478 e. The number of hydrazine groups is 1. The van der Waals surface area contributed by atoms with E-state index in [1.165, 1.54) is 25.5 Å². The zero-order valence-electron chi connectivity index (χ0n) is 11.1. The Morgan fingerprint density at radius 3 is 2.90 bits per heavy atom. The van der Waals surface area contributed by atoms with Gasteiger partial charge in [0.25, 0.3) is 11.8 Å². The molecule has 2 heterocycles. The van der Waals surface area contributed by atoms with Gasteiger partial charge in [-0.05, 0) is 13.0 Å². The van der Waals surface area contributed by atoms with Crippen molar-refractivity contribution in [3.63, 3.8) is 0 Å². The lowest BCUT2D eigenvalue weighted by atomic mass is 10.4. The van der Waals surface area contributed by atoms with Crippen LogP contribution in [-0.2, 0) is 4.79 Å². The molecule has 0 aliphatic rings. The molecule has 0 spiro atoms. The van der Waals surface area contributed by atoms with Crippen molar-refractivity contribution in [2.24, 2.45) is 5.84 Å². The smallest absolute Gasteiger partial charge is 0.258 e. The number of carbonyl (C=O) groups excluding carboxylic acids is 1. The highest BCUT2D eigenvalue weighted by Gasteiger charge is 2.09. The van der Waals surface area contributed by atoms with Crippen LogP contribution in [0.15, 0.2) is 24.8 Å². The SMILES string of the molecule is COc1nc(C=CC(=O)NN)cnc1-n1cnc(C)c1. The molecule has 0 radical (unpaired) electrons. The predicted molar refractivity (Wildman–Crippen MR) is 71.8 cm³/mol. The molecule has 0 atom stereocenters. The Kier molecular flexibility index (Phi) is 4.06. The quantitative estimate of drug-likeness (QED) is 0.351. The Bertz CT molecular complexity index is 649. The number of nitrogens with zero attached hydrogens (tertiary/aromatic N) is 4. The average Bonchev–Trinajstić information content (AvgIpc) is 2.90. The minimum Gasteiger partial charge on any atom is -0.478 e. The van der Waals surface area contributed by atoms with Crippen LogP contribution in [0.25, 0.3) is 11.9 Å². The summed E-state index contributed by atoms with van der Waals surface area (Å²) in [6, 6.07) is 0. The Balaban J connectivity index is 2.33. The van der Waals surface area contributed by atoms with Crippen LogP contribution in [-0.4, -0.2) is 32.5 Å². The number of methoxy groups -OCH3 is 1. The molecule has 8 heteroatoms. The Morgan fingerprint density at radius 1 is 1.50 bits per heavy atom. The molecule has 0 saturated heterocycles. The van der Waals surface area contributed by atoms with Crippen molar-refractivity contribution in [2.75, 3.05) is 7.11 Å². The van der Waals surface area contributed by atoms with Crippen LogP contribution in [0.5, 0.6) is 5.88 Å². The van der Waals surface area contributed by atoms with E-state index in [1.54, 1.807) is 10.9 Å². The molecule has 0 bridgehead atoms. The lowest BCUT2D eigenvalue weighted by Gasteiger charge is -2.07. The third kappa shape index (κ3) is 2.98. The Morgan fingerprint density at radius 2 is 2.30 bits per heavy atom. The topological polar surface area (TPSA) is 108 Å². The number of aryl methyl sites for hydroxylation is 1. The van der Waals surface area contributed by atoms with Gasteiger partial charge >= 0.3 is 0 Å². The highest BCUT2D eigenvalue weighted by atomic mass is 16.5. The molecule has 2 aromatic heterocycles. The molecule has 2 aromatic rings. The number of rotatable bonds is 4. The zero-order valence-corrected chi connectivity index (χ0v) is 11.1. The highest BCUT2D eigenvalue weighted by molar-refractivity contribution is 5.90. The van der Waals surface area contributed by atoms with E-state index >= 15 is 0 Å². The zero-order chi connectivity index (χ0) is 14.5. The number of hydrogen-bond donors (Lipinski definition) is 2. The van der Waals surface area contributed by atoms with Crippen molar-refractivity contribution in [2.45, 2.75) is 6.92 Å². The van der Waals surface area contributed by atoms with Gasteiger partial charge in [0.2, 0.25) is 5.82 Å². The van der Waals surface area contributed by atoms with Crippen LogP contribution in [0.3, 0.4) is 0 Å². The number of carbonyl (C=O) groups is 1. The highest BCUT2D eigenvalue weighted by Crippen LogP contribution is 2.18. The third-order valence-electron chi connectivity index (χ3n) is 2.44. The molecular weight excluding hydrogens is 260 g/mol. The summed E-state index contributed by atoms with van der Waals surface area (Å²) in [6.45, 7) is 1.87. The van der Waals surface area contributed by atoms with Crippen LogP contribution >= 0.6 is 0 Å². The van der Waals surface area contributed by atoms with Crippen LogP contribution in [0, 0.1) is 6.92 Å². The van der Waals surface area contributed by atoms with Gasteiger partial charge in [0, 0.05) is 12.3 Å². The molecule has 0 unspecified atom stereocenters. The fraction of sp³-hybridized carbons (Fsp3) is 0.167. The maximum Gasteiger partial charge on any atom is 0.258 e. The number of imidazole rings is 1. The number of aromatic nitrogens is 4. The predicted octanol–water partition coefficient (Wildman–Crippen LogP) is -0.0176. The van der Waals surface area contributed by atoms with Gasteiger partial charge in [0.15, 0.2) is 0 Å². The monoisotopic (exact) mass is 274 g/mol. The van der Waals surface area contributed by atoms with Gasteiger partial charge in [-0.1, -0.05) is 0 Å². The standard InChI is InChI=1S/C12H14N6O2/c1-8-6-18(7-15-8)11-12(20-2)16-9(5-14-11)3-4-10(19)17-13/h3-7H,13H2,1-2H3,(H,17,19). The molecule has 104 valence electrons. The van der Waals surface area contributed by atoms with Crippen LogP contribution in [0.2, 0.25) is 0 Å². The van der Waals surface area contributed by atoms with E-state index in [0.29, 0.717) is 17.4 Å². The van der Waals surface area contributed by atoms with E-state index in [9.17, 15) is 4.79 Å². The van der Waals surface area contributed by atoms with E-state index in [2.05, 4.69) is 15.0 Å². The van der Waals surface area contributed by atoms with Gasteiger partial charge in [0.05, 0.1) is 24.7 Å². The minimum absolute atomic E-state index is 0.331. The van der Waals surface area contributed by atoms with Gasteiger partial charge in [-0.3, -0.25) is 14.8 Å². The maximum atomic E-state index is 11.0. The van der Waals surface area contributed by atoms with Gasteiger partial charge in [-0.15, -0.1) is 0 Å². The van der Waals surface area contributed by atoms with Gasteiger partial charge in [-0.2, -0.15) is 0 Å². The fourth-order valence-corrected chi connectivity index (χ4v) is 1.52. The van der Waals surface area contributed by atoms with Gasteiger partial charge in [0.1, 0.15) is 6.33 Å². The number of nitrogens with two attached hydrogens (primary N) is 1. The van der Waals surface area contributed by atoms with E-state index in [4.69, 9.17) is 10.6 Å². The first-order valence-electron chi connectivity index (χ1n) is 5.74. The summed E-state index contributed by atoms with van der Waals surface area (Å²) in [7, 11) is 1.50. The summed E-state index contributed by atoms with van der Waals surface area (Å²) >= 11 is 0. The second kappa shape index (κ2) is 5.93. The van der Waals surface area contributed by atoms with Crippen LogP contribution < -0.4 is 16.0 Å². The second-order valence-corrected chi connectivity index (χ2v) is 3.89. The maximum absolute atomic E-state index is 11.0. The molecule has 0 aliphatic heterocycles. The molecule has 2 rings (SSSR count). The first kappa shape index (κ1) is 13.7. The summed E-state index contributed by atoms with van der Waals surface area (Å²) in [5.41, 5.74) is 3.32. The Hall–Kier alpha value is -2.74. The van der Waals surface area contributed by atoms with Gasteiger partial charge < -0.3 is 4.74 Å². The van der Waals surface area contributed by atoms with Crippen LogP contribution in [0.1, 0.15) is 11.4 Å². The van der Waals surface area contributed by atoms with Crippen molar-refractivity contribution in [1.82, 2.24) is 24.9 Å². The van der Waals surface area contributed by atoms with Crippen molar-refractivity contribution >= 4 is 12.0 Å². The first-order chi connectivity index (χ1) is 9.63. The van der Waals surface area contributed by atoms with Gasteiger partial charge in [-0.25, -0.2) is 20.8 Å². The minimum atomic E-state index is -0.430. The van der Waals surface area contributed by atoms with E-state index in [1.807, 2.05) is 18.5 Å². The van der Waals surface area contributed by atoms with E-state index in [-0.39, 0.29) is 0 Å². The number of hydrogen-bond acceptors (Lipinski definition) is 6. The Labute approximate surface area is 115 Å². The molecule has 0 aromatic carbocycles. The molecule has 8 nitrogen and oxygen atoms in total. The lowest BCUT2D eigenvalue weighted by Crippen LogP contribution is -2.27. The van der Waals surface area contributed by atoms with Crippen molar-refractivity contribution in [1.29, 1.82) is 0 Å². The summed E-state index contributed by atoms with van der Waals surface area (Å²) in [5, 5.41) is 0. The lowest BCUT2D eigenvalue weighted by molar-refractivity contribution is -0.116. The van der Waals surface area contributed by atoms with Crippen molar-refractivity contribution < 1.29 is 9.53 Å². The fourth-order valence-electron chi connectivity index (χ4n) is 1.52. The second-order valence-electron chi connectivity index (χ2n) is 3.89. The summed E-state index contributed by atoms with van der Waals surface area (Å²) in [5.74, 6) is 5.40. The molecule has 3 N–H and O–H groups in total. The molecule has 0 fully saturated rings. The number of ether oxygens (including phenoxy) is 1. The van der Waals surface area contributed by atoms with E-state index in [0.717, 1.165) is 5.69 Å². The normalized spacial score (nSPS) is 10.8. The third-order valence-corrected chi connectivity index (χ3v) is 2.44. The first-order valence-corrected chi connectivity index (χ1v) is 5.74. The number of amides is 1. The summed E-state index contributed by atoms with van der Waals surface area (Å²) < 4.78 is 6.91. The molecule has 0 aliphatic carbocycles. The average molecular weight is 274 g/mol. The van der Waals surface area contributed by atoms with Crippen LogP contribution in [0.4, 0.5) is 0 Å². The van der Waals surface area contributed by atoms with Crippen molar-refractivity contribution in [3.05, 3.63) is 36.2 Å². The summed E-state index contributed by atoms with van der Waals surface area (Å²) in [6.07, 6.45) is 7.70. The molecular formula is C12H14N6O2. The van der Waals surface area contributed by atoms with E-state index < -0.39 is 5.91 Å². The molecule has 20 heavy (non-hydrogen) atoms.